The van der Waals surface area contributed by atoms with Gasteiger partial charge in [-0.05, 0) is 41.8 Å². The molecule has 1 saturated heterocycles. The Morgan fingerprint density at radius 3 is 2.92 bits per heavy atom. The number of aryl methyl sites for hydroxylation is 2. The van der Waals surface area contributed by atoms with E-state index in [1.54, 1.807) is 6.20 Å². The van der Waals surface area contributed by atoms with Gasteiger partial charge in [-0.15, -0.1) is 0 Å². The third-order valence-corrected chi connectivity index (χ3v) is 4.60. The fraction of sp³-hybridized carbons (Fsp3) is 0.438. The molecule has 1 aliphatic heterocycles. The normalized spacial score (nSPS) is 17.8. The molecule has 1 aliphatic rings. The van der Waals surface area contributed by atoms with Crippen LogP contribution in [0.25, 0.3) is 0 Å². The molecule has 0 bridgehead atoms. The van der Waals surface area contributed by atoms with Gasteiger partial charge in [0, 0.05) is 42.9 Å². The van der Waals surface area contributed by atoms with Crippen LogP contribution >= 0.6 is 15.9 Å². The first-order valence-electron chi connectivity index (χ1n) is 7.91. The van der Waals surface area contributed by atoms with Crippen LogP contribution in [0.3, 0.4) is 0 Å². The molecule has 3 rings (SSSR count). The van der Waals surface area contributed by atoms with Crippen LogP contribution in [-0.2, 0) is 7.05 Å². The number of hydrogen-bond acceptors (Lipinski definition) is 5. The smallest absolute Gasteiger partial charge is 0.269 e. The maximum atomic E-state index is 11.6. The van der Waals surface area contributed by atoms with Crippen LogP contribution in [0.2, 0.25) is 0 Å². The fourth-order valence-corrected chi connectivity index (χ4v) is 3.49. The summed E-state index contributed by atoms with van der Waals surface area (Å²) >= 11 is 3.39. The predicted octanol–water partition coefficient (Wildman–Crippen LogP) is 2.07. The zero-order valence-corrected chi connectivity index (χ0v) is 15.4. The summed E-state index contributed by atoms with van der Waals surface area (Å²) in [4.78, 5) is 18.0. The standard InChI is InChI=1S/C16H21BrN6O/c1-10-6-14(22(2)21-10)23-5-3-4-12(9-23)20-13-7-11(17)8-19-15(13)16(18)24/h6-8,12,20H,3-5,9H2,1-2H3,(H2,18,24). The van der Waals surface area contributed by atoms with Gasteiger partial charge in [0.1, 0.15) is 5.82 Å². The van der Waals surface area contributed by atoms with E-state index in [0.717, 1.165) is 41.9 Å². The van der Waals surface area contributed by atoms with Crippen molar-refractivity contribution in [2.24, 2.45) is 12.8 Å². The van der Waals surface area contributed by atoms with Gasteiger partial charge in [0.05, 0.1) is 11.4 Å². The lowest BCUT2D eigenvalue weighted by Crippen LogP contribution is -2.43. The summed E-state index contributed by atoms with van der Waals surface area (Å²) in [6.07, 6.45) is 3.67. The van der Waals surface area contributed by atoms with Crippen molar-refractivity contribution in [3.8, 4) is 0 Å². The highest BCUT2D eigenvalue weighted by molar-refractivity contribution is 9.10. The number of aromatic nitrogens is 3. The molecule has 0 aliphatic carbocycles. The number of pyridine rings is 1. The third kappa shape index (κ3) is 3.53. The Kier molecular flexibility index (Phi) is 4.75. The number of carbonyl (C=O) groups is 1. The molecular weight excluding hydrogens is 372 g/mol. The summed E-state index contributed by atoms with van der Waals surface area (Å²) in [5.41, 5.74) is 7.38. The molecule has 2 aromatic rings. The summed E-state index contributed by atoms with van der Waals surface area (Å²) in [6, 6.07) is 4.15. The maximum Gasteiger partial charge on any atom is 0.269 e. The molecule has 0 saturated carbocycles. The van der Waals surface area contributed by atoms with Crippen LogP contribution in [0.1, 0.15) is 29.0 Å². The average molecular weight is 393 g/mol. The Morgan fingerprint density at radius 2 is 2.25 bits per heavy atom. The Bertz CT molecular complexity index is 759. The maximum absolute atomic E-state index is 11.6. The van der Waals surface area contributed by atoms with Gasteiger partial charge < -0.3 is 16.0 Å². The van der Waals surface area contributed by atoms with E-state index in [0.29, 0.717) is 5.69 Å². The highest BCUT2D eigenvalue weighted by Gasteiger charge is 2.23. The number of nitrogens with one attached hydrogen (secondary N) is 1. The Balaban J connectivity index is 1.78. The number of rotatable bonds is 4. The first-order chi connectivity index (χ1) is 11.4. The van der Waals surface area contributed by atoms with Gasteiger partial charge in [-0.1, -0.05) is 0 Å². The van der Waals surface area contributed by atoms with E-state index < -0.39 is 5.91 Å². The van der Waals surface area contributed by atoms with E-state index in [9.17, 15) is 4.79 Å². The van der Waals surface area contributed by atoms with Crippen molar-refractivity contribution in [3.63, 3.8) is 0 Å². The van der Waals surface area contributed by atoms with E-state index in [-0.39, 0.29) is 11.7 Å². The zero-order valence-electron chi connectivity index (χ0n) is 13.8. The van der Waals surface area contributed by atoms with Gasteiger partial charge in [-0.25, -0.2) is 4.98 Å². The molecule has 2 aromatic heterocycles. The van der Waals surface area contributed by atoms with Gasteiger partial charge >= 0.3 is 0 Å². The highest BCUT2D eigenvalue weighted by atomic mass is 79.9. The van der Waals surface area contributed by atoms with E-state index in [4.69, 9.17) is 5.73 Å². The van der Waals surface area contributed by atoms with Crippen LogP contribution in [0, 0.1) is 6.92 Å². The first-order valence-corrected chi connectivity index (χ1v) is 8.71. The average Bonchev–Trinajstić information content (AvgIpc) is 2.86. The molecule has 1 amide bonds. The first kappa shape index (κ1) is 16.8. The van der Waals surface area contributed by atoms with Crippen LogP contribution in [0.15, 0.2) is 22.8 Å². The third-order valence-electron chi connectivity index (χ3n) is 4.17. The lowest BCUT2D eigenvalue weighted by Gasteiger charge is -2.35. The summed E-state index contributed by atoms with van der Waals surface area (Å²) < 4.78 is 2.72. The number of nitrogens with zero attached hydrogens (tertiary/aromatic N) is 4. The largest absolute Gasteiger partial charge is 0.379 e. The molecule has 0 radical (unpaired) electrons. The molecular formula is C16H21BrN6O. The Labute approximate surface area is 149 Å². The van der Waals surface area contributed by atoms with Crippen molar-refractivity contribution in [2.75, 3.05) is 23.3 Å². The van der Waals surface area contributed by atoms with Crippen molar-refractivity contribution < 1.29 is 4.79 Å². The summed E-state index contributed by atoms with van der Waals surface area (Å²) in [5.74, 6) is 0.585. The second-order valence-electron chi connectivity index (χ2n) is 6.11. The molecule has 1 atom stereocenters. The number of hydrogen-bond donors (Lipinski definition) is 2. The number of primary amides is 1. The molecule has 128 valence electrons. The van der Waals surface area contributed by atoms with Gasteiger partial charge in [-0.2, -0.15) is 5.10 Å². The summed E-state index contributed by atoms with van der Waals surface area (Å²) in [5, 5.41) is 7.85. The molecule has 1 unspecified atom stereocenters. The van der Waals surface area contributed by atoms with Gasteiger partial charge in [0.15, 0.2) is 5.69 Å². The number of anilines is 2. The van der Waals surface area contributed by atoms with Crippen molar-refractivity contribution >= 4 is 33.3 Å². The van der Waals surface area contributed by atoms with Crippen LogP contribution in [0.5, 0.6) is 0 Å². The van der Waals surface area contributed by atoms with Crippen molar-refractivity contribution in [1.82, 2.24) is 14.8 Å². The van der Waals surface area contributed by atoms with Gasteiger partial charge in [0.25, 0.3) is 5.91 Å². The topological polar surface area (TPSA) is 89.1 Å². The van der Waals surface area contributed by atoms with E-state index in [2.05, 4.69) is 42.3 Å². The second kappa shape index (κ2) is 6.80. The minimum atomic E-state index is -0.528. The van der Waals surface area contributed by atoms with Gasteiger partial charge in [0.2, 0.25) is 0 Å². The minimum Gasteiger partial charge on any atom is -0.379 e. The van der Waals surface area contributed by atoms with E-state index in [1.807, 2.05) is 24.7 Å². The lowest BCUT2D eigenvalue weighted by molar-refractivity contribution is 0.0996. The molecule has 0 aromatic carbocycles. The second-order valence-corrected chi connectivity index (χ2v) is 7.03. The van der Waals surface area contributed by atoms with Crippen LogP contribution in [-0.4, -0.2) is 39.8 Å². The number of carbonyl (C=O) groups excluding carboxylic acids is 1. The summed E-state index contributed by atoms with van der Waals surface area (Å²) in [6.45, 7) is 3.83. The molecule has 3 N–H and O–H groups in total. The van der Waals surface area contributed by atoms with E-state index >= 15 is 0 Å². The highest BCUT2D eigenvalue weighted by Crippen LogP contribution is 2.25. The van der Waals surface area contributed by atoms with Gasteiger partial charge in [-0.3, -0.25) is 9.48 Å². The van der Waals surface area contributed by atoms with Crippen molar-refractivity contribution in [3.05, 3.63) is 34.2 Å². The molecule has 7 nitrogen and oxygen atoms in total. The molecule has 0 spiro atoms. The Morgan fingerprint density at radius 1 is 1.46 bits per heavy atom. The number of nitrogens with two attached hydrogens (primary N) is 1. The fourth-order valence-electron chi connectivity index (χ4n) is 3.16. The number of amides is 1. The monoisotopic (exact) mass is 392 g/mol. The quantitative estimate of drug-likeness (QED) is 0.830. The minimum absolute atomic E-state index is 0.211. The lowest BCUT2D eigenvalue weighted by atomic mass is 10.0. The molecule has 3 heterocycles. The molecule has 1 fully saturated rings. The number of piperidine rings is 1. The number of halogens is 1. The van der Waals surface area contributed by atoms with E-state index in [1.165, 1.54) is 0 Å². The van der Waals surface area contributed by atoms with Crippen LogP contribution < -0.4 is 16.0 Å². The Hall–Kier alpha value is -2.09. The van der Waals surface area contributed by atoms with Crippen LogP contribution in [0.4, 0.5) is 11.5 Å². The SMILES string of the molecule is Cc1cc(N2CCCC(Nc3cc(Br)cnc3C(N)=O)C2)n(C)n1. The van der Waals surface area contributed by atoms with Crippen molar-refractivity contribution in [2.45, 2.75) is 25.8 Å². The predicted molar refractivity (Wildman–Crippen MR) is 97.3 cm³/mol. The zero-order chi connectivity index (χ0) is 17.3. The molecule has 24 heavy (non-hydrogen) atoms. The van der Waals surface area contributed by atoms with Crippen molar-refractivity contribution in [1.29, 1.82) is 0 Å². The molecule has 8 heteroatoms. The summed E-state index contributed by atoms with van der Waals surface area (Å²) in [7, 11) is 1.96.